The summed E-state index contributed by atoms with van der Waals surface area (Å²) >= 11 is 0. The molecule has 1 aromatic heterocycles. The number of nitrogens with zero attached hydrogens (tertiary/aromatic N) is 2. The monoisotopic (exact) mass is 272 g/mol. The van der Waals surface area contributed by atoms with Gasteiger partial charge in [-0.05, 0) is 12.3 Å². The Morgan fingerprint density at radius 3 is 2.90 bits per heavy atom. The Morgan fingerprint density at radius 1 is 1.30 bits per heavy atom. The fraction of sp³-hybridized carbons (Fsp3) is 0.400. The van der Waals surface area contributed by atoms with Crippen LogP contribution in [0.4, 0.5) is 0 Å². The lowest BCUT2D eigenvalue weighted by molar-refractivity contribution is 0.0983. The molecule has 0 saturated carbocycles. The predicted molar refractivity (Wildman–Crippen MR) is 71.4 cm³/mol. The van der Waals surface area contributed by atoms with Crippen LogP contribution in [0.2, 0.25) is 0 Å². The number of ketones is 1. The lowest BCUT2D eigenvalue weighted by Gasteiger charge is -2.01. The van der Waals surface area contributed by atoms with Crippen molar-refractivity contribution >= 4 is 5.78 Å². The summed E-state index contributed by atoms with van der Waals surface area (Å²) in [5, 5.41) is 3.93. The molecule has 0 aliphatic carbocycles. The van der Waals surface area contributed by atoms with E-state index in [9.17, 15) is 4.79 Å². The van der Waals surface area contributed by atoms with Gasteiger partial charge in [0.1, 0.15) is 0 Å². The number of ether oxygens (including phenoxy) is 1. The molecule has 104 valence electrons. The smallest absolute Gasteiger partial charge is 0.234 e. The van der Waals surface area contributed by atoms with Crippen molar-refractivity contribution in [2.45, 2.75) is 19.3 Å². The average Bonchev–Trinajstić information content (AvgIpc) is 3.12. The van der Waals surface area contributed by atoms with E-state index in [1.807, 2.05) is 18.2 Å². The molecule has 0 spiro atoms. The molecule has 0 N–H and O–H groups in total. The van der Waals surface area contributed by atoms with Crippen LogP contribution in [0, 0.1) is 5.92 Å². The highest BCUT2D eigenvalue weighted by Gasteiger charge is 2.20. The number of hydrogen-bond donors (Lipinski definition) is 0. The molecular weight excluding hydrogens is 256 g/mol. The van der Waals surface area contributed by atoms with E-state index in [2.05, 4.69) is 10.1 Å². The molecule has 5 heteroatoms. The van der Waals surface area contributed by atoms with Crippen LogP contribution in [0.25, 0.3) is 0 Å². The standard InChI is InChI=1S/C15H16N2O3/c18-13(12-4-2-1-3-5-12)9-15-16-14(17-20-15)8-11-6-7-19-10-11/h1-5,11H,6-10H2. The molecule has 0 amide bonds. The fourth-order valence-corrected chi connectivity index (χ4v) is 2.31. The van der Waals surface area contributed by atoms with Crippen molar-refractivity contribution in [3.63, 3.8) is 0 Å². The maximum atomic E-state index is 12.0. The van der Waals surface area contributed by atoms with Crippen LogP contribution in [0.15, 0.2) is 34.9 Å². The Morgan fingerprint density at radius 2 is 2.15 bits per heavy atom. The third-order valence-electron chi connectivity index (χ3n) is 3.41. The summed E-state index contributed by atoms with van der Waals surface area (Å²) in [5.74, 6) is 1.50. The maximum Gasteiger partial charge on any atom is 0.234 e. The molecule has 3 rings (SSSR count). The minimum atomic E-state index is -0.00926. The average molecular weight is 272 g/mol. The predicted octanol–water partition coefficient (Wildman–Crippen LogP) is 2.07. The summed E-state index contributed by atoms with van der Waals surface area (Å²) in [6.45, 7) is 1.56. The lowest BCUT2D eigenvalue weighted by atomic mass is 10.1. The molecule has 1 unspecified atom stereocenters. The van der Waals surface area contributed by atoms with Crippen LogP contribution < -0.4 is 0 Å². The summed E-state index contributed by atoms with van der Waals surface area (Å²) in [6.07, 6.45) is 1.94. The van der Waals surface area contributed by atoms with Gasteiger partial charge in [-0.1, -0.05) is 35.5 Å². The van der Waals surface area contributed by atoms with Crippen molar-refractivity contribution in [2.75, 3.05) is 13.2 Å². The Kier molecular flexibility index (Phi) is 3.87. The first kappa shape index (κ1) is 13.0. The Hall–Kier alpha value is -2.01. The van der Waals surface area contributed by atoms with Gasteiger partial charge in [-0.15, -0.1) is 0 Å². The minimum absolute atomic E-state index is 0.00926. The van der Waals surface area contributed by atoms with E-state index in [1.165, 1.54) is 0 Å². The van der Waals surface area contributed by atoms with Crippen molar-refractivity contribution in [2.24, 2.45) is 5.92 Å². The van der Waals surface area contributed by atoms with Crippen molar-refractivity contribution < 1.29 is 14.1 Å². The SMILES string of the molecule is O=C(Cc1nc(CC2CCOC2)no1)c1ccccc1. The first-order valence-electron chi connectivity index (χ1n) is 6.79. The van der Waals surface area contributed by atoms with Crippen LogP contribution in [0.5, 0.6) is 0 Å². The zero-order valence-corrected chi connectivity index (χ0v) is 11.1. The van der Waals surface area contributed by atoms with Gasteiger partial charge in [0.2, 0.25) is 5.89 Å². The Labute approximate surface area is 116 Å². The van der Waals surface area contributed by atoms with Gasteiger partial charge in [0.25, 0.3) is 0 Å². The van der Waals surface area contributed by atoms with E-state index in [0.717, 1.165) is 26.1 Å². The molecule has 1 fully saturated rings. The molecule has 1 aliphatic rings. The second-order valence-corrected chi connectivity index (χ2v) is 5.00. The van der Waals surface area contributed by atoms with Crippen LogP contribution in [-0.4, -0.2) is 29.1 Å². The summed E-state index contributed by atoms with van der Waals surface area (Å²) in [4.78, 5) is 16.3. The van der Waals surface area contributed by atoms with Gasteiger partial charge >= 0.3 is 0 Å². The Bertz CT molecular complexity index is 574. The van der Waals surface area contributed by atoms with Gasteiger partial charge in [0, 0.05) is 25.2 Å². The van der Waals surface area contributed by atoms with E-state index in [0.29, 0.717) is 23.2 Å². The van der Waals surface area contributed by atoms with Gasteiger partial charge in [0.05, 0.1) is 6.42 Å². The minimum Gasteiger partial charge on any atom is -0.381 e. The number of carbonyl (C=O) groups excluding carboxylic acids is 1. The zero-order chi connectivity index (χ0) is 13.8. The zero-order valence-electron chi connectivity index (χ0n) is 11.1. The van der Waals surface area contributed by atoms with Crippen molar-refractivity contribution in [3.8, 4) is 0 Å². The molecule has 1 aromatic carbocycles. The molecular formula is C15H16N2O3. The van der Waals surface area contributed by atoms with Crippen molar-refractivity contribution in [3.05, 3.63) is 47.6 Å². The van der Waals surface area contributed by atoms with E-state index in [-0.39, 0.29) is 12.2 Å². The molecule has 1 aliphatic heterocycles. The van der Waals surface area contributed by atoms with Gasteiger partial charge < -0.3 is 9.26 Å². The van der Waals surface area contributed by atoms with Crippen LogP contribution in [0.3, 0.4) is 0 Å². The summed E-state index contributed by atoms with van der Waals surface area (Å²) in [7, 11) is 0. The number of aromatic nitrogens is 2. The molecule has 5 nitrogen and oxygen atoms in total. The van der Waals surface area contributed by atoms with E-state index in [1.54, 1.807) is 12.1 Å². The van der Waals surface area contributed by atoms with Gasteiger partial charge in [-0.2, -0.15) is 4.98 Å². The first-order valence-corrected chi connectivity index (χ1v) is 6.79. The van der Waals surface area contributed by atoms with E-state index >= 15 is 0 Å². The largest absolute Gasteiger partial charge is 0.381 e. The highest BCUT2D eigenvalue weighted by Crippen LogP contribution is 2.17. The number of benzene rings is 1. The van der Waals surface area contributed by atoms with Gasteiger partial charge in [-0.25, -0.2) is 0 Å². The second-order valence-electron chi connectivity index (χ2n) is 5.00. The molecule has 1 saturated heterocycles. The van der Waals surface area contributed by atoms with Gasteiger partial charge in [0.15, 0.2) is 11.6 Å². The quantitative estimate of drug-likeness (QED) is 0.780. The fourth-order valence-electron chi connectivity index (χ4n) is 2.31. The summed E-state index contributed by atoms with van der Waals surface area (Å²) in [6, 6.07) is 9.13. The Balaban J connectivity index is 1.60. The maximum absolute atomic E-state index is 12.0. The molecule has 20 heavy (non-hydrogen) atoms. The molecule has 2 heterocycles. The third kappa shape index (κ3) is 3.11. The number of carbonyl (C=O) groups is 1. The molecule has 0 bridgehead atoms. The molecule has 2 aromatic rings. The van der Waals surface area contributed by atoms with E-state index < -0.39 is 0 Å². The highest BCUT2D eigenvalue weighted by atomic mass is 16.5. The van der Waals surface area contributed by atoms with Crippen LogP contribution in [0.1, 0.15) is 28.5 Å². The lowest BCUT2D eigenvalue weighted by Crippen LogP contribution is -2.06. The van der Waals surface area contributed by atoms with Crippen LogP contribution >= 0.6 is 0 Å². The normalized spacial score (nSPS) is 18.3. The van der Waals surface area contributed by atoms with Crippen molar-refractivity contribution in [1.29, 1.82) is 0 Å². The number of hydrogen-bond acceptors (Lipinski definition) is 5. The molecule has 1 atom stereocenters. The topological polar surface area (TPSA) is 65.2 Å². The summed E-state index contributed by atoms with van der Waals surface area (Å²) < 4.78 is 10.5. The highest BCUT2D eigenvalue weighted by molar-refractivity contribution is 5.96. The summed E-state index contributed by atoms with van der Waals surface area (Å²) in [5.41, 5.74) is 0.663. The van der Waals surface area contributed by atoms with E-state index in [4.69, 9.17) is 9.26 Å². The second kappa shape index (κ2) is 5.96. The molecule has 0 radical (unpaired) electrons. The first-order chi connectivity index (χ1) is 9.81. The number of rotatable bonds is 5. The van der Waals surface area contributed by atoms with Crippen LogP contribution in [-0.2, 0) is 17.6 Å². The van der Waals surface area contributed by atoms with Gasteiger partial charge in [-0.3, -0.25) is 4.79 Å². The number of Topliss-reactive ketones (excluding diaryl/α,β-unsaturated/α-hetero) is 1. The van der Waals surface area contributed by atoms with Crippen molar-refractivity contribution in [1.82, 2.24) is 10.1 Å². The third-order valence-corrected chi connectivity index (χ3v) is 3.41.